The number of carbonyl (C=O) groups excluding carboxylic acids is 2. The van der Waals surface area contributed by atoms with Crippen LogP contribution in [0.2, 0.25) is 0 Å². The Hall–Kier alpha value is -4.19. The molecular formula is C29H26FN3O2. The summed E-state index contributed by atoms with van der Waals surface area (Å²) in [6.07, 6.45) is 2.16. The first-order valence-corrected chi connectivity index (χ1v) is 11.8. The van der Waals surface area contributed by atoms with Gasteiger partial charge in [0, 0.05) is 36.6 Å². The number of benzene rings is 4. The maximum absolute atomic E-state index is 13.2. The van der Waals surface area contributed by atoms with Crippen LogP contribution < -0.4 is 15.5 Å². The van der Waals surface area contributed by atoms with Crippen LogP contribution in [-0.2, 0) is 6.54 Å². The van der Waals surface area contributed by atoms with E-state index >= 15 is 0 Å². The van der Waals surface area contributed by atoms with Crippen molar-refractivity contribution in [2.75, 3.05) is 23.3 Å². The highest BCUT2D eigenvalue weighted by atomic mass is 19.1. The number of hydrogen-bond acceptors (Lipinski definition) is 3. The molecule has 176 valence electrons. The number of nitrogens with one attached hydrogen (secondary N) is 2. The standard InChI is InChI=1S/C29H26FN3O2/c30-22-12-10-20(11-13-22)19-31-28(34)26-18-23(14-15-27(26)33-16-3-4-17-33)32-29(35)25-9-5-7-21-6-1-2-8-24(21)25/h1-2,5-15,18H,3-4,16-17,19H2,(H,31,34)(H,32,35). The molecule has 1 saturated heterocycles. The van der Waals surface area contributed by atoms with Crippen LogP contribution in [0.5, 0.6) is 0 Å². The Kier molecular flexibility index (Phi) is 6.44. The van der Waals surface area contributed by atoms with Crippen LogP contribution in [0.25, 0.3) is 10.8 Å². The zero-order valence-electron chi connectivity index (χ0n) is 19.3. The zero-order valence-corrected chi connectivity index (χ0v) is 19.3. The molecule has 0 atom stereocenters. The first kappa shape index (κ1) is 22.6. The van der Waals surface area contributed by atoms with Gasteiger partial charge in [-0.2, -0.15) is 0 Å². The molecule has 35 heavy (non-hydrogen) atoms. The first-order valence-electron chi connectivity index (χ1n) is 11.8. The molecule has 0 unspecified atom stereocenters. The summed E-state index contributed by atoms with van der Waals surface area (Å²) in [5, 5.41) is 7.76. The number of fused-ring (bicyclic) bond motifs is 1. The normalized spacial score (nSPS) is 13.1. The molecule has 0 bridgehead atoms. The number of rotatable bonds is 6. The second kappa shape index (κ2) is 9.97. The minimum absolute atomic E-state index is 0.228. The van der Waals surface area contributed by atoms with Crippen molar-refractivity contribution in [1.29, 1.82) is 0 Å². The third kappa shape index (κ3) is 5.01. The van der Waals surface area contributed by atoms with Crippen molar-refractivity contribution in [3.63, 3.8) is 0 Å². The second-order valence-electron chi connectivity index (χ2n) is 8.72. The van der Waals surface area contributed by atoms with E-state index in [1.54, 1.807) is 24.3 Å². The minimum atomic E-state index is -0.314. The van der Waals surface area contributed by atoms with Gasteiger partial charge in [0.2, 0.25) is 0 Å². The maximum atomic E-state index is 13.2. The van der Waals surface area contributed by atoms with E-state index < -0.39 is 0 Å². The van der Waals surface area contributed by atoms with Gasteiger partial charge in [0.15, 0.2) is 0 Å². The van der Waals surface area contributed by atoms with Crippen molar-refractivity contribution in [2.24, 2.45) is 0 Å². The Morgan fingerprint density at radius 1 is 0.800 bits per heavy atom. The summed E-state index contributed by atoms with van der Waals surface area (Å²) in [5.41, 5.74) is 3.29. The highest BCUT2D eigenvalue weighted by molar-refractivity contribution is 6.13. The van der Waals surface area contributed by atoms with Crippen LogP contribution in [-0.4, -0.2) is 24.9 Å². The van der Waals surface area contributed by atoms with Crippen molar-refractivity contribution in [3.8, 4) is 0 Å². The molecule has 2 N–H and O–H groups in total. The predicted molar refractivity (Wildman–Crippen MR) is 137 cm³/mol. The molecule has 0 radical (unpaired) electrons. The largest absolute Gasteiger partial charge is 0.371 e. The van der Waals surface area contributed by atoms with E-state index in [0.717, 1.165) is 48.0 Å². The molecule has 1 aliphatic rings. The summed E-state index contributed by atoms with van der Waals surface area (Å²) in [5.74, 6) is -0.781. The maximum Gasteiger partial charge on any atom is 0.256 e. The number of hydrogen-bond donors (Lipinski definition) is 2. The van der Waals surface area contributed by atoms with Crippen LogP contribution in [0.1, 0.15) is 39.1 Å². The van der Waals surface area contributed by atoms with Gasteiger partial charge in [0.05, 0.1) is 5.56 Å². The summed E-state index contributed by atoms with van der Waals surface area (Å²) >= 11 is 0. The number of halogens is 1. The van der Waals surface area contributed by atoms with Gasteiger partial charge in [-0.3, -0.25) is 9.59 Å². The van der Waals surface area contributed by atoms with E-state index in [1.165, 1.54) is 12.1 Å². The summed E-state index contributed by atoms with van der Waals surface area (Å²) in [4.78, 5) is 28.6. The van der Waals surface area contributed by atoms with Gasteiger partial charge in [0.1, 0.15) is 5.82 Å². The topological polar surface area (TPSA) is 61.4 Å². The minimum Gasteiger partial charge on any atom is -0.371 e. The number of nitrogens with zero attached hydrogens (tertiary/aromatic N) is 1. The van der Waals surface area contributed by atoms with E-state index in [0.29, 0.717) is 16.8 Å². The summed E-state index contributed by atoms with van der Waals surface area (Å²) in [7, 11) is 0. The molecule has 4 aromatic carbocycles. The fourth-order valence-electron chi connectivity index (χ4n) is 4.53. The van der Waals surface area contributed by atoms with Crippen LogP contribution >= 0.6 is 0 Å². The highest BCUT2D eigenvalue weighted by Crippen LogP contribution is 2.28. The van der Waals surface area contributed by atoms with Crippen molar-refractivity contribution < 1.29 is 14.0 Å². The number of anilines is 2. The highest BCUT2D eigenvalue weighted by Gasteiger charge is 2.21. The van der Waals surface area contributed by atoms with Crippen LogP contribution in [0.15, 0.2) is 84.9 Å². The summed E-state index contributed by atoms with van der Waals surface area (Å²) < 4.78 is 13.2. The van der Waals surface area contributed by atoms with Crippen LogP contribution in [0.3, 0.4) is 0 Å². The Morgan fingerprint density at radius 3 is 2.34 bits per heavy atom. The predicted octanol–water partition coefficient (Wildman–Crippen LogP) is 5.76. The molecule has 1 heterocycles. The Morgan fingerprint density at radius 2 is 1.54 bits per heavy atom. The molecule has 0 aliphatic carbocycles. The molecule has 0 aromatic heterocycles. The lowest BCUT2D eigenvalue weighted by atomic mass is 10.0. The molecule has 0 spiro atoms. The van der Waals surface area contributed by atoms with Crippen LogP contribution in [0.4, 0.5) is 15.8 Å². The summed E-state index contributed by atoms with van der Waals surface area (Å²) in [6.45, 7) is 2.06. The van der Waals surface area contributed by atoms with Gasteiger partial charge in [-0.1, -0.05) is 48.5 Å². The van der Waals surface area contributed by atoms with E-state index in [-0.39, 0.29) is 24.2 Å². The molecule has 5 rings (SSSR count). The summed E-state index contributed by atoms with van der Waals surface area (Å²) in [6, 6.07) is 24.9. The average molecular weight is 468 g/mol. The lowest BCUT2D eigenvalue weighted by Crippen LogP contribution is -2.27. The van der Waals surface area contributed by atoms with Gasteiger partial charge in [-0.05, 0) is 65.6 Å². The average Bonchev–Trinajstić information content (AvgIpc) is 3.42. The molecule has 5 nitrogen and oxygen atoms in total. The van der Waals surface area contributed by atoms with Crippen molar-refractivity contribution >= 4 is 34.0 Å². The fourth-order valence-corrected chi connectivity index (χ4v) is 4.53. The van der Waals surface area contributed by atoms with E-state index in [2.05, 4.69) is 15.5 Å². The molecule has 2 amide bonds. The third-order valence-corrected chi connectivity index (χ3v) is 6.35. The van der Waals surface area contributed by atoms with Gasteiger partial charge in [0.25, 0.3) is 11.8 Å². The van der Waals surface area contributed by atoms with Gasteiger partial charge >= 0.3 is 0 Å². The van der Waals surface area contributed by atoms with E-state index in [1.807, 2.05) is 48.5 Å². The van der Waals surface area contributed by atoms with Gasteiger partial charge in [-0.15, -0.1) is 0 Å². The fraction of sp³-hybridized carbons (Fsp3) is 0.172. The second-order valence-corrected chi connectivity index (χ2v) is 8.72. The Balaban J connectivity index is 1.40. The van der Waals surface area contributed by atoms with Crippen LogP contribution in [0, 0.1) is 5.82 Å². The number of carbonyl (C=O) groups is 2. The van der Waals surface area contributed by atoms with E-state index in [4.69, 9.17) is 0 Å². The monoisotopic (exact) mass is 467 g/mol. The SMILES string of the molecule is O=C(NCc1ccc(F)cc1)c1cc(NC(=O)c2cccc3ccccc23)ccc1N1CCCC1. The third-order valence-electron chi connectivity index (χ3n) is 6.35. The number of amides is 2. The van der Waals surface area contributed by atoms with E-state index in [9.17, 15) is 14.0 Å². The van der Waals surface area contributed by atoms with Crippen molar-refractivity contribution in [1.82, 2.24) is 5.32 Å². The molecule has 0 saturated carbocycles. The first-order chi connectivity index (χ1) is 17.1. The molecular weight excluding hydrogens is 441 g/mol. The van der Waals surface area contributed by atoms with Crippen molar-refractivity contribution in [2.45, 2.75) is 19.4 Å². The lowest BCUT2D eigenvalue weighted by Gasteiger charge is -2.22. The van der Waals surface area contributed by atoms with Crippen molar-refractivity contribution in [3.05, 3.63) is 107 Å². The van der Waals surface area contributed by atoms with Gasteiger partial charge in [-0.25, -0.2) is 4.39 Å². The van der Waals surface area contributed by atoms with Gasteiger partial charge < -0.3 is 15.5 Å². The molecule has 1 fully saturated rings. The Bertz CT molecular complexity index is 1370. The molecule has 1 aliphatic heterocycles. The zero-order chi connectivity index (χ0) is 24.2. The quantitative estimate of drug-likeness (QED) is 0.379. The lowest BCUT2D eigenvalue weighted by molar-refractivity contribution is 0.0950. The Labute approximate surface area is 203 Å². The molecule has 4 aromatic rings. The molecule has 6 heteroatoms. The smallest absolute Gasteiger partial charge is 0.256 e.